The summed E-state index contributed by atoms with van der Waals surface area (Å²) in [5, 5.41) is 6.18. The van der Waals surface area contributed by atoms with Crippen LogP contribution in [0.4, 0.5) is 0 Å². The summed E-state index contributed by atoms with van der Waals surface area (Å²) in [7, 11) is -3.11. The fraction of sp³-hybridized carbons (Fsp3) is 0. The molecular formula is C43H28N4OS. The molecule has 0 bridgehead atoms. The Balaban J connectivity index is 1.21. The van der Waals surface area contributed by atoms with Gasteiger partial charge < -0.3 is 4.57 Å². The minimum absolute atomic E-state index is 0.592. The van der Waals surface area contributed by atoms with Crippen molar-refractivity contribution in [1.82, 2.24) is 9.13 Å². The topological polar surface area (TPSA) is 51.6 Å². The molecular weight excluding hydrogens is 621 g/mol. The third-order valence-corrected chi connectivity index (χ3v) is 11.3. The number of fused-ring (bicyclic) bond motifs is 7. The second kappa shape index (κ2) is 10.6. The van der Waals surface area contributed by atoms with Crippen LogP contribution in [0.5, 0.6) is 0 Å². The highest BCUT2D eigenvalue weighted by Crippen LogP contribution is 2.38. The van der Waals surface area contributed by atoms with Gasteiger partial charge in [0, 0.05) is 32.5 Å². The Hall–Kier alpha value is -6.24. The average molecular weight is 649 g/mol. The number of rotatable bonds is 4. The third kappa shape index (κ3) is 4.24. The van der Waals surface area contributed by atoms with Gasteiger partial charge >= 0.3 is 0 Å². The summed E-state index contributed by atoms with van der Waals surface area (Å²) < 4.78 is 28.7. The lowest BCUT2D eigenvalue weighted by Gasteiger charge is -2.15. The van der Waals surface area contributed by atoms with Gasteiger partial charge in [0.05, 0.1) is 32.3 Å². The highest BCUT2D eigenvalue weighted by Gasteiger charge is 2.22. The lowest BCUT2D eigenvalue weighted by atomic mass is 10.0. The fourth-order valence-corrected chi connectivity index (χ4v) is 8.92. The summed E-state index contributed by atoms with van der Waals surface area (Å²) in [5.41, 5.74) is 7.78. The summed E-state index contributed by atoms with van der Waals surface area (Å²) in [5.74, 6) is 0.633. The first kappa shape index (κ1) is 27.8. The van der Waals surface area contributed by atoms with Gasteiger partial charge in [-0.1, -0.05) is 97.1 Å². The van der Waals surface area contributed by atoms with Gasteiger partial charge in [-0.05, 0) is 83.9 Å². The van der Waals surface area contributed by atoms with E-state index >= 15 is 0 Å². The molecule has 0 saturated carbocycles. The Morgan fingerprint density at radius 2 is 0.959 bits per heavy atom. The smallest absolute Gasteiger partial charge is 0.186 e. The van der Waals surface area contributed by atoms with Crippen molar-refractivity contribution in [2.75, 3.05) is 0 Å². The van der Waals surface area contributed by atoms with E-state index in [1.807, 2.05) is 60.7 Å². The summed E-state index contributed by atoms with van der Waals surface area (Å²) in [6.45, 7) is 0. The van der Waals surface area contributed by atoms with Crippen LogP contribution in [0.3, 0.4) is 0 Å². The van der Waals surface area contributed by atoms with Crippen LogP contribution in [-0.4, -0.2) is 13.3 Å². The zero-order chi connectivity index (χ0) is 32.5. The predicted octanol–water partition coefficient (Wildman–Crippen LogP) is 9.25. The Bertz CT molecular complexity index is 3040. The molecule has 0 saturated heterocycles. The van der Waals surface area contributed by atoms with Crippen molar-refractivity contribution in [1.29, 1.82) is 0 Å². The maximum atomic E-state index is 14.5. The Kier molecular flexibility index (Phi) is 6.04. The van der Waals surface area contributed by atoms with Crippen molar-refractivity contribution < 1.29 is 4.21 Å². The maximum absolute atomic E-state index is 14.5. The molecule has 1 unspecified atom stereocenters. The molecule has 3 heterocycles. The molecule has 0 radical (unpaired) electrons. The van der Waals surface area contributed by atoms with Crippen LogP contribution in [0.25, 0.3) is 66.2 Å². The number of hydrogen-bond acceptors (Lipinski definition) is 2. The molecule has 232 valence electrons. The van der Waals surface area contributed by atoms with E-state index in [1.54, 1.807) is 0 Å². The average Bonchev–Trinajstić information content (AvgIpc) is 3.67. The molecule has 0 aliphatic carbocycles. The summed E-state index contributed by atoms with van der Waals surface area (Å²) in [6, 6.07) is 58.2. The molecule has 6 heteroatoms. The van der Waals surface area contributed by atoms with Gasteiger partial charge in [0.25, 0.3) is 0 Å². The zero-order valence-corrected chi connectivity index (χ0v) is 27.1. The largest absolute Gasteiger partial charge is 0.309 e. The van der Waals surface area contributed by atoms with Crippen molar-refractivity contribution in [3.63, 3.8) is 0 Å². The molecule has 1 atom stereocenters. The van der Waals surface area contributed by atoms with Gasteiger partial charge in [-0.15, -0.1) is 0 Å². The second-order valence-corrected chi connectivity index (χ2v) is 14.2. The SMILES string of the molecule is O=S1(c2ccccc2)=NC(n2c3ccccc3c3cc(-c4ccc5c(c4)c4ccccc4n5-c4ccccc4)ccc32)=c2ccccc2=N1. The van der Waals surface area contributed by atoms with Crippen LogP contribution in [0.2, 0.25) is 0 Å². The third-order valence-electron chi connectivity index (χ3n) is 9.53. The monoisotopic (exact) mass is 648 g/mol. The number of benzene rings is 7. The molecule has 7 aromatic carbocycles. The van der Waals surface area contributed by atoms with Crippen LogP contribution in [-0.2, 0) is 9.92 Å². The molecule has 0 spiro atoms. The fourth-order valence-electron chi connectivity index (χ4n) is 7.32. The molecule has 2 aromatic heterocycles. The van der Waals surface area contributed by atoms with Gasteiger partial charge in [0.2, 0.25) is 0 Å². The van der Waals surface area contributed by atoms with Crippen molar-refractivity contribution in [3.05, 3.63) is 180 Å². The van der Waals surface area contributed by atoms with Gasteiger partial charge in [0.1, 0.15) is 0 Å². The van der Waals surface area contributed by atoms with E-state index in [2.05, 4.69) is 118 Å². The number of nitrogens with zero attached hydrogens (tertiary/aromatic N) is 4. The number of hydrogen-bond donors (Lipinski definition) is 0. The first-order valence-electron chi connectivity index (χ1n) is 16.3. The summed E-state index contributed by atoms with van der Waals surface area (Å²) in [6.07, 6.45) is 0. The predicted molar refractivity (Wildman–Crippen MR) is 201 cm³/mol. The van der Waals surface area contributed by atoms with Crippen LogP contribution >= 0.6 is 0 Å². The minimum atomic E-state index is -3.11. The Morgan fingerprint density at radius 3 is 1.63 bits per heavy atom. The summed E-state index contributed by atoms with van der Waals surface area (Å²) in [4.78, 5) is 0.592. The molecule has 1 aliphatic rings. The van der Waals surface area contributed by atoms with E-state index in [4.69, 9.17) is 8.76 Å². The van der Waals surface area contributed by atoms with Crippen molar-refractivity contribution in [3.8, 4) is 16.8 Å². The normalized spacial score (nSPS) is 15.8. The molecule has 9 aromatic rings. The number of para-hydroxylation sites is 3. The molecule has 1 aliphatic heterocycles. The van der Waals surface area contributed by atoms with E-state index in [0.29, 0.717) is 16.1 Å². The van der Waals surface area contributed by atoms with Gasteiger partial charge in [0.15, 0.2) is 15.7 Å². The Morgan fingerprint density at radius 1 is 0.449 bits per heavy atom. The Labute approximate surface area is 282 Å². The second-order valence-electron chi connectivity index (χ2n) is 12.3. The van der Waals surface area contributed by atoms with Gasteiger partial charge in [-0.25, -0.2) is 4.21 Å². The molecule has 0 N–H and O–H groups in total. The lowest BCUT2D eigenvalue weighted by Crippen LogP contribution is -2.32. The van der Waals surface area contributed by atoms with Crippen LogP contribution in [0, 0.1) is 0 Å². The summed E-state index contributed by atoms with van der Waals surface area (Å²) >= 11 is 0. The van der Waals surface area contributed by atoms with Gasteiger partial charge in [-0.2, -0.15) is 8.76 Å². The quantitative estimate of drug-likeness (QED) is 0.188. The van der Waals surface area contributed by atoms with E-state index < -0.39 is 9.92 Å². The van der Waals surface area contributed by atoms with Gasteiger partial charge in [-0.3, -0.25) is 4.57 Å². The van der Waals surface area contributed by atoms with Crippen LogP contribution in [0.1, 0.15) is 0 Å². The standard InChI is InChI=1S/C43H28N4OS/c48-49(32-15-5-2-6-16-32)44-38-20-10-7-19-35(38)43(45-49)47-40-22-12-9-18-34(40)37-28-30(24-26-42(37)47)29-23-25-41-36(27-29)33-17-8-11-21-39(33)46(41)31-13-3-1-4-14-31/h1-28H. The molecule has 10 rings (SSSR count). The zero-order valence-electron chi connectivity index (χ0n) is 26.3. The molecule has 0 fully saturated rings. The molecule has 0 amide bonds. The highest BCUT2D eigenvalue weighted by molar-refractivity contribution is 7.92. The van der Waals surface area contributed by atoms with Crippen LogP contribution in [0.15, 0.2) is 184 Å². The van der Waals surface area contributed by atoms with E-state index in [9.17, 15) is 4.21 Å². The van der Waals surface area contributed by atoms with Crippen molar-refractivity contribution in [2.45, 2.75) is 4.90 Å². The minimum Gasteiger partial charge on any atom is -0.309 e. The van der Waals surface area contributed by atoms with E-state index in [1.165, 1.54) is 21.8 Å². The van der Waals surface area contributed by atoms with Crippen molar-refractivity contribution >= 4 is 59.3 Å². The highest BCUT2D eigenvalue weighted by atomic mass is 32.2. The first-order chi connectivity index (χ1) is 24.2. The maximum Gasteiger partial charge on any atom is 0.186 e. The van der Waals surface area contributed by atoms with E-state index in [-0.39, 0.29) is 0 Å². The van der Waals surface area contributed by atoms with Crippen molar-refractivity contribution in [2.24, 2.45) is 8.76 Å². The first-order valence-corrected chi connectivity index (χ1v) is 17.8. The van der Waals surface area contributed by atoms with E-state index in [0.717, 1.165) is 43.8 Å². The molecule has 49 heavy (non-hydrogen) atoms. The molecule has 5 nitrogen and oxygen atoms in total. The number of aromatic nitrogens is 2. The lowest BCUT2D eigenvalue weighted by molar-refractivity contribution is 0.676. The van der Waals surface area contributed by atoms with Crippen LogP contribution < -0.4 is 10.6 Å².